The highest BCUT2D eigenvalue weighted by atomic mass is 32.2. The molecule has 0 aliphatic carbocycles. The maximum Gasteiger partial charge on any atom is 0.416 e. The van der Waals surface area contributed by atoms with E-state index in [0.717, 1.165) is 63.3 Å². The van der Waals surface area contributed by atoms with E-state index in [-0.39, 0.29) is 18.1 Å². The number of aromatic nitrogens is 4. The van der Waals surface area contributed by atoms with Crippen LogP contribution in [0, 0.1) is 5.82 Å². The van der Waals surface area contributed by atoms with E-state index >= 15 is 0 Å². The number of nitrogens with zero attached hydrogens (tertiary/aromatic N) is 5. The Morgan fingerprint density at radius 3 is 2.57 bits per heavy atom. The molecule has 2 aromatic carbocycles. The maximum atomic E-state index is 14.0. The standard InChI is InChI=1S/C30H31F4N5O2S/c31-28-17-24(30(32,33)34)8-6-23(28)7-11-29-35-26(21-41-29)20-40-27-9-4-22(5-10-27)3-1-2-12-39-19-25(36-37-39)18-38-13-15-42-16-14-38/h4-11,17,19,21H,1-3,12-16,18,20H2/b11-7+. The molecule has 0 saturated carbocycles. The van der Waals surface area contributed by atoms with Gasteiger partial charge < -0.3 is 9.15 Å². The lowest BCUT2D eigenvalue weighted by molar-refractivity contribution is -0.137. The van der Waals surface area contributed by atoms with E-state index in [4.69, 9.17) is 9.15 Å². The van der Waals surface area contributed by atoms with Crippen LogP contribution in [0.2, 0.25) is 0 Å². The molecule has 2 aromatic heterocycles. The first-order chi connectivity index (χ1) is 20.3. The number of oxazole rings is 1. The minimum Gasteiger partial charge on any atom is -0.487 e. The SMILES string of the molecule is Fc1cc(C(F)(F)F)ccc1/C=C/c1nc(COc2ccc(CCCCn3cc(CN4CCSCC4)nn3)cc2)co1. The van der Waals surface area contributed by atoms with Crippen LogP contribution in [0.4, 0.5) is 17.6 Å². The first-order valence-electron chi connectivity index (χ1n) is 13.7. The Morgan fingerprint density at radius 1 is 1.00 bits per heavy atom. The van der Waals surface area contributed by atoms with Gasteiger partial charge in [0.25, 0.3) is 0 Å². The van der Waals surface area contributed by atoms with Crippen LogP contribution in [0.5, 0.6) is 5.75 Å². The Bertz CT molecular complexity index is 1460. The molecule has 5 rings (SSSR count). The third-order valence-corrected chi connectivity index (χ3v) is 7.73. The molecule has 1 aliphatic rings. The monoisotopic (exact) mass is 601 g/mol. The molecule has 0 N–H and O–H groups in total. The third kappa shape index (κ3) is 8.68. The zero-order valence-electron chi connectivity index (χ0n) is 22.9. The first kappa shape index (κ1) is 29.8. The lowest BCUT2D eigenvalue weighted by Gasteiger charge is -2.24. The topological polar surface area (TPSA) is 69.2 Å². The number of hydrogen-bond donors (Lipinski definition) is 0. The summed E-state index contributed by atoms with van der Waals surface area (Å²) in [5, 5.41) is 8.60. The normalized spacial score (nSPS) is 14.6. The van der Waals surface area contributed by atoms with Gasteiger partial charge in [0.2, 0.25) is 5.89 Å². The van der Waals surface area contributed by atoms with Crippen molar-refractivity contribution >= 4 is 23.9 Å². The predicted molar refractivity (Wildman–Crippen MR) is 153 cm³/mol. The van der Waals surface area contributed by atoms with E-state index in [1.54, 1.807) is 0 Å². The van der Waals surface area contributed by atoms with Gasteiger partial charge in [-0.05, 0) is 55.2 Å². The van der Waals surface area contributed by atoms with Crippen LogP contribution in [0.1, 0.15) is 46.8 Å². The molecule has 222 valence electrons. The van der Waals surface area contributed by atoms with Crippen molar-refractivity contribution < 1.29 is 26.7 Å². The van der Waals surface area contributed by atoms with Gasteiger partial charge in [-0.25, -0.2) is 9.37 Å². The van der Waals surface area contributed by atoms with Crippen molar-refractivity contribution in [3.8, 4) is 5.75 Å². The van der Waals surface area contributed by atoms with Crippen LogP contribution in [-0.2, 0) is 32.3 Å². The average Bonchev–Trinajstić information content (AvgIpc) is 3.63. The summed E-state index contributed by atoms with van der Waals surface area (Å²) < 4.78 is 65.2. The number of hydrogen-bond acceptors (Lipinski definition) is 7. The van der Waals surface area contributed by atoms with Crippen LogP contribution in [0.3, 0.4) is 0 Å². The number of aryl methyl sites for hydroxylation is 2. The summed E-state index contributed by atoms with van der Waals surface area (Å²) in [6, 6.07) is 10.2. The van der Waals surface area contributed by atoms with E-state index < -0.39 is 17.6 Å². The molecule has 1 saturated heterocycles. The number of unbranched alkanes of at least 4 members (excludes halogenated alkanes) is 1. The van der Waals surface area contributed by atoms with Gasteiger partial charge in [-0.15, -0.1) is 5.10 Å². The van der Waals surface area contributed by atoms with Gasteiger partial charge in [0.15, 0.2) is 0 Å². The molecule has 4 aromatic rings. The second-order valence-corrected chi connectivity index (χ2v) is 11.2. The van der Waals surface area contributed by atoms with E-state index in [1.165, 1.54) is 35.5 Å². The Hall–Kier alpha value is -3.64. The summed E-state index contributed by atoms with van der Waals surface area (Å²) in [5.74, 6) is 2.27. The smallest absolute Gasteiger partial charge is 0.416 e. The van der Waals surface area contributed by atoms with Crippen molar-refractivity contribution in [3.05, 3.63) is 94.7 Å². The molecule has 0 unspecified atom stereocenters. The summed E-state index contributed by atoms with van der Waals surface area (Å²) in [6.07, 6.45) is 4.57. The van der Waals surface area contributed by atoms with Gasteiger partial charge in [-0.1, -0.05) is 23.4 Å². The second kappa shape index (κ2) is 14.0. The molecule has 12 heteroatoms. The van der Waals surface area contributed by atoms with Crippen LogP contribution < -0.4 is 4.74 Å². The number of ether oxygens (including phenoxy) is 1. The van der Waals surface area contributed by atoms with Gasteiger partial charge in [0.1, 0.15) is 30.1 Å². The molecule has 0 radical (unpaired) electrons. The fourth-order valence-electron chi connectivity index (χ4n) is 4.49. The molecule has 3 heterocycles. The van der Waals surface area contributed by atoms with Crippen molar-refractivity contribution in [2.24, 2.45) is 0 Å². The summed E-state index contributed by atoms with van der Waals surface area (Å²) in [7, 11) is 0. The highest BCUT2D eigenvalue weighted by molar-refractivity contribution is 7.99. The molecule has 0 bridgehead atoms. The molecule has 0 amide bonds. The van der Waals surface area contributed by atoms with E-state index in [2.05, 4.69) is 26.4 Å². The van der Waals surface area contributed by atoms with Crippen molar-refractivity contribution in [2.45, 2.75) is 45.1 Å². The average molecular weight is 602 g/mol. The molecule has 1 fully saturated rings. The van der Waals surface area contributed by atoms with E-state index in [1.807, 2.05) is 40.7 Å². The maximum absolute atomic E-state index is 14.0. The summed E-state index contributed by atoms with van der Waals surface area (Å²) in [5.41, 5.74) is 1.73. The lowest BCUT2D eigenvalue weighted by atomic mass is 10.1. The molecule has 7 nitrogen and oxygen atoms in total. The fraction of sp³-hybridized carbons (Fsp3) is 0.367. The lowest BCUT2D eigenvalue weighted by Crippen LogP contribution is -2.32. The van der Waals surface area contributed by atoms with Crippen molar-refractivity contribution in [2.75, 3.05) is 24.6 Å². The molecule has 42 heavy (non-hydrogen) atoms. The predicted octanol–water partition coefficient (Wildman–Crippen LogP) is 6.75. The molecule has 0 spiro atoms. The van der Waals surface area contributed by atoms with Gasteiger partial charge in [-0.2, -0.15) is 24.9 Å². The van der Waals surface area contributed by atoms with Gasteiger partial charge in [0, 0.05) is 55.5 Å². The quantitative estimate of drug-likeness (QED) is 0.132. The zero-order valence-corrected chi connectivity index (χ0v) is 23.7. The van der Waals surface area contributed by atoms with Crippen LogP contribution in [0.25, 0.3) is 12.2 Å². The molecule has 1 aliphatic heterocycles. The Kier molecular flexibility index (Phi) is 9.96. The van der Waals surface area contributed by atoms with Crippen LogP contribution >= 0.6 is 11.8 Å². The molecular weight excluding hydrogens is 570 g/mol. The third-order valence-electron chi connectivity index (χ3n) is 6.79. The summed E-state index contributed by atoms with van der Waals surface area (Å²) >= 11 is 2.00. The minimum absolute atomic E-state index is 0.00534. The largest absolute Gasteiger partial charge is 0.487 e. The van der Waals surface area contributed by atoms with E-state index in [0.29, 0.717) is 17.5 Å². The number of benzene rings is 2. The zero-order chi connectivity index (χ0) is 29.4. The van der Waals surface area contributed by atoms with Crippen molar-refractivity contribution in [3.63, 3.8) is 0 Å². The summed E-state index contributed by atoms with van der Waals surface area (Å²) in [6.45, 7) is 4.11. The van der Waals surface area contributed by atoms with Gasteiger partial charge >= 0.3 is 6.18 Å². The van der Waals surface area contributed by atoms with Gasteiger partial charge in [-0.3, -0.25) is 9.58 Å². The first-order valence-corrected chi connectivity index (χ1v) is 14.9. The van der Waals surface area contributed by atoms with Crippen LogP contribution in [-0.4, -0.2) is 49.5 Å². The van der Waals surface area contributed by atoms with Crippen molar-refractivity contribution in [1.29, 1.82) is 0 Å². The molecule has 0 atom stereocenters. The van der Waals surface area contributed by atoms with Crippen LogP contribution in [0.15, 0.2) is 59.3 Å². The number of rotatable bonds is 12. The Balaban J connectivity index is 1.02. The van der Waals surface area contributed by atoms with Crippen molar-refractivity contribution in [1.82, 2.24) is 24.9 Å². The number of alkyl halides is 3. The highest BCUT2D eigenvalue weighted by Crippen LogP contribution is 2.30. The number of halogens is 4. The van der Waals surface area contributed by atoms with E-state index in [9.17, 15) is 17.6 Å². The second-order valence-electron chi connectivity index (χ2n) is 10.00. The fourth-order valence-corrected chi connectivity index (χ4v) is 5.47. The Labute approximate surface area is 245 Å². The highest BCUT2D eigenvalue weighted by Gasteiger charge is 2.31. The Morgan fingerprint density at radius 2 is 1.81 bits per heavy atom. The van der Waals surface area contributed by atoms with Gasteiger partial charge in [0.05, 0.1) is 11.3 Å². The summed E-state index contributed by atoms with van der Waals surface area (Å²) in [4.78, 5) is 6.68. The minimum atomic E-state index is -4.60. The number of thioether (sulfide) groups is 1. The molecular formula is C30H31F4N5O2S.